The van der Waals surface area contributed by atoms with Crippen molar-refractivity contribution in [2.45, 2.75) is 26.3 Å². The molecule has 4 aromatic rings. The molecule has 0 aliphatic carbocycles. The Morgan fingerprint density at radius 1 is 1.24 bits per heavy atom. The van der Waals surface area contributed by atoms with Crippen LogP contribution in [0.3, 0.4) is 0 Å². The molecule has 0 radical (unpaired) electrons. The van der Waals surface area contributed by atoms with Crippen molar-refractivity contribution >= 4 is 27.8 Å². The van der Waals surface area contributed by atoms with Crippen LogP contribution in [-0.4, -0.2) is 26.8 Å². The number of nitrogen functional groups attached to an aromatic ring is 1. The lowest BCUT2D eigenvalue weighted by Crippen LogP contribution is -2.02. The van der Waals surface area contributed by atoms with Crippen molar-refractivity contribution < 1.29 is 9.26 Å². The summed E-state index contributed by atoms with van der Waals surface area (Å²) >= 11 is 0. The van der Waals surface area contributed by atoms with Crippen molar-refractivity contribution in [3.8, 4) is 5.75 Å². The normalized spacial score (nSPS) is 11.4. The molecule has 0 fully saturated rings. The number of benzene rings is 1. The van der Waals surface area contributed by atoms with Crippen LogP contribution in [0, 0.1) is 6.92 Å². The van der Waals surface area contributed by atoms with Crippen molar-refractivity contribution in [1.82, 2.24) is 19.7 Å². The molecule has 1 aromatic carbocycles. The Labute approximate surface area is 144 Å². The molecule has 3 heterocycles. The molecule has 0 unspecified atom stereocenters. The van der Waals surface area contributed by atoms with Crippen LogP contribution in [-0.2, 0) is 13.0 Å². The van der Waals surface area contributed by atoms with Gasteiger partial charge in [-0.05, 0) is 31.5 Å². The lowest BCUT2D eigenvalue weighted by molar-refractivity contribution is 0.415. The van der Waals surface area contributed by atoms with Gasteiger partial charge in [0.05, 0.1) is 23.8 Å². The summed E-state index contributed by atoms with van der Waals surface area (Å²) in [5.74, 6) is 1.47. The molecule has 0 aliphatic heterocycles. The molecule has 0 saturated heterocycles. The van der Waals surface area contributed by atoms with E-state index in [4.69, 9.17) is 15.0 Å². The van der Waals surface area contributed by atoms with Gasteiger partial charge in [-0.1, -0.05) is 5.16 Å². The number of anilines is 1. The van der Waals surface area contributed by atoms with Crippen LogP contribution in [0.15, 0.2) is 35.0 Å². The van der Waals surface area contributed by atoms with Gasteiger partial charge in [-0.2, -0.15) is 4.98 Å². The van der Waals surface area contributed by atoms with E-state index < -0.39 is 0 Å². The summed E-state index contributed by atoms with van der Waals surface area (Å²) in [6.07, 6.45) is 3.42. The zero-order valence-electron chi connectivity index (χ0n) is 14.2. The highest BCUT2D eigenvalue weighted by Gasteiger charge is 2.14. The van der Waals surface area contributed by atoms with E-state index in [-0.39, 0.29) is 6.01 Å². The Balaban J connectivity index is 1.76. The largest absolute Gasteiger partial charge is 0.497 e. The molecule has 3 aromatic heterocycles. The third-order valence-corrected chi connectivity index (χ3v) is 4.43. The summed E-state index contributed by atoms with van der Waals surface area (Å²) in [6, 6.07) is 8.34. The van der Waals surface area contributed by atoms with Gasteiger partial charge in [0.2, 0.25) is 0 Å². The molecule has 0 aliphatic rings. The van der Waals surface area contributed by atoms with Crippen molar-refractivity contribution in [3.63, 3.8) is 0 Å². The minimum Gasteiger partial charge on any atom is -0.497 e. The average molecular weight is 337 g/mol. The number of methoxy groups -OCH3 is 1. The number of pyridine rings is 1. The van der Waals surface area contributed by atoms with Gasteiger partial charge >= 0.3 is 6.01 Å². The van der Waals surface area contributed by atoms with Crippen LogP contribution in [0.1, 0.15) is 17.9 Å². The van der Waals surface area contributed by atoms with E-state index in [0.29, 0.717) is 12.2 Å². The number of aryl methyl sites for hydroxylation is 3. The van der Waals surface area contributed by atoms with E-state index in [9.17, 15) is 0 Å². The van der Waals surface area contributed by atoms with E-state index in [1.165, 1.54) is 10.8 Å². The van der Waals surface area contributed by atoms with Crippen molar-refractivity contribution in [3.05, 3.63) is 42.0 Å². The van der Waals surface area contributed by atoms with Crippen molar-refractivity contribution in [2.24, 2.45) is 0 Å². The Morgan fingerprint density at radius 3 is 2.88 bits per heavy atom. The standard InChI is InChI=1S/C18H19N5O2/c1-11-17-14(7-8-20-11)13-6-5-12(24-2)10-15(13)23(17)9-3-4-16-21-18(19)25-22-16/h5-8,10H,3-4,9H2,1-2H3,(H2,19,21,22). The molecule has 7 heteroatoms. The van der Waals surface area contributed by atoms with Crippen LogP contribution in [0.25, 0.3) is 21.8 Å². The first-order valence-electron chi connectivity index (χ1n) is 8.17. The SMILES string of the molecule is COc1ccc2c3ccnc(C)c3n(CCCc3noc(N)n3)c2c1. The molecule has 0 atom stereocenters. The van der Waals surface area contributed by atoms with Crippen molar-refractivity contribution in [2.75, 3.05) is 12.8 Å². The number of hydrogen-bond donors (Lipinski definition) is 1. The minimum absolute atomic E-state index is 0.108. The molecule has 0 spiro atoms. The number of aromatic nitrogens is 4. The maximum absolute atomic E-state index is 5.48. The van der Waals surface area contributed by atoms with Crippen LogP contribution in [0.5, 0.6) is 5.75 Å². The Kier molecular flexibility index (Phi) is 3.76. The maximum Gasteiger partial charge on any atom is 0.318 e. The van der Waals surface area contributed by atoms with Gasteiger partial charge in [0.25, 0.3) is 0 Å². The molecule has 4 rings (SSSR count). The smallest absolute Gasteiger partial charge is 0.318 e. The maximum atomic E-state index is 5.48. The number of hydrogen-bond acceptors (Lipinski definition) is 6. The van der Waals surface area contributed by atoms with Gasteiger partial charge in [0.15, 0.2) is 5.82 Å². The van der Waals surface area contributed by atoms with E-state index in [0.717, 1.165) is 35.4 Å². The third kappa shape index (κ3) is 2.67. The number of nitrogens with two attached hydrogens (primary N) is 1. The lowest BCUT2D eigenvalue weighted by Gasteiger charge is -2.08. The molecule has 0 saturated carbocycles. The van der Waals surface area contributed by atoms with Gasteiger partial charge in [-0.25, -0.2) is 0 Å². The fourth-order valence-electron chi connectivity index (χ4n) is 3.32. The summed E-state index contributed by atoms with van der Waals surface area (Å²) in [6.45, 7) is 2.85. The van der Waals surface area contributed by atoms with Crippen LogP contribution in [0.4, 0.5) is 6.01 Å². The van der Waals surface area contributed by atoms with Gasteiger partial charge in [-0.3, -0.25) is 4.98 Å². The molecule has 0 bridgehead atoms. The second kappa shape index (κ2) is 6.08. The Bertz CT molecular complexity index is 1050. The van der Waals surface area contributed by atoms with Gasteiger partial charge in [0, 0.05) is 36.0 Å². The topological polar surface area (TPSA) is 92.0 Å². The van der Waals surface area contributed by atoms with E-state index in [2.05, 4.69) is 37.9 Å². The molecule has 25 heavy (non-hydrogen) atoms. The first kappa shape index (κ1) is 15.4. The van der Waals surface area contributed by atoms with Crippen LogP contribution < -0.4 is 10.5 Å². The first-order valence-corrected chi connectivity index (χ1v) is 8.17. The highest BCUT2D eigenvalue weighted by Crippen LogP contribution is 2.32. The number of nitrogens with zero attached hydrogens (tertiary/aromatic N) is 4. The van der Waals surface area contributed by atoms with E-state index in [1.807, 2.05) is 19.2 Å². The average Bonchev–Trinajstić information content (AvgIpc) is 3.17. The molecular weight excluding hydrogens is 318 g/mol. The lowest BCUT2D eigenvalue weighted by atomic mass is 10.1. The minimum atomic E-state index is 0.108. The van der Waals surface area contributed by atoms with Crippen LogP contribution in [0.2, 0.25) is 0 Å². The van der Waals surface area contributed by atoms with Crippen LogP contribution >= 0.6 is 0 Å². The zero-order valence-corrected chi connectivity index (χ0v) is 14.2. The Hall–Kier alpha value is -3.09. The van der Waals surface area contributed by atoms with E-state index >= 15 is 0 Å². The predicted octanol–water partition coefficient (Wildman–Crippen LogP) is 3.10. The quantitative estimate of drug-likeness (QED) is 0.601. The number of ether oxygens (including phenoxy) is 1. The molecule has 2 N–H and O–H groups in total. The summed E-state index contributed by atoms with van der Waals surface area (Å²) < 4.78 is 12.5. The summed E-state index contributed by atoms with van der Waals surface area (Å²) in [7, 11) is 1.68. The zero-order chi connectivity index (χ0) is 17.4. The second-order valence-electron chi connectivity index (χ2n) is 5.98. The summed E-state index contributed by atoms with van der Waals surface area (Å²) in [5, 5.41) is 6.25. The fourth-order valence-corrected chi connectivity index (χ4v) is 3.32. The van der Waals surface area contributed by atoms with Gasteiger partial charge in [0.1, 0.15) is 5.75 Å². The Morgan fingerprint density at radius 2 is 2.12 bits per heavy atom. The highest BCUT2D eigenvalue weighted by molar-refractivity contribution is 6.09. The van der Waals surface area contributed by atoms with Gasteiger partial charge < -0.3 is 19.6 Å². The summed E-state index contributed by atoms with van der Waals surface area (Å²) in [5.41, 5.74) is 8.78. The number of fused-ring (bicyclic) bond motifs is 3. The first-order chi connectivity index (χ1) is 12.2. The number of rotatable bonds is 5. The molecule has 0 amide bonds. The monoisotopic (exact) mass is 337 g/mol. The third-order valence-electron chi connectivity index (χ3n) is 4.43. The molecular formula is C18H19N5O2. The summed E-state index contributed by atoms with van der Waals surface area (Å²) in [4.78, 5) is 8.52. The van der Waals surface area contributed by atoms with Gasteiger partial charge in [-0.15, -0.1) is 0 Å². The highest BCUT2D eigenvalue weighted by atomic mass is 16.5. The van der Waals surface area contributed by atoms with Crippen molar-refractivity contribution in [1.29, 1.82) is 0 Å². The predicted molar refractivity (Wildman–Crippen MR) is 95.6 cm³/mol. The van der Waals surface area contributed by atoms with E-state index in [1.54, 1.807) is 7.11 Å². The molecule has 7 nitrogen and oxygen atoms in total. The second-order valence-corrected chi connectivity index (χ2v) is 5.98. The molecule has 128 valence electrons. The fraction of sp³-hybridized carbons (Fsp3) is 0.278.